The molecule has 0 bridgehead atoms. The summed E-state index contributed by atoms with van der Waals surface area (Å²) in [5.74, 6) is 0.589. The van der Waals surface area contributed by atoms with Gasteiger partial charge in [-0.05, 0) is 42.4 Å². The summed E-state index contributed by atoms with van der Waals surface area (Å²) in [5, 5.41) is 9.95. The predicted octanol–water partition coefficient (Wildman–Crippen LogP) is 3.04. The van der Waals surface area contributed by atoms with Gasteiger partial charge in [0.1, 0.15) is 5.82 Å². The lowest BCUT2D eigenvalue weighted by Crippen LogP contribution is -2.14. The molecule has 0 aromatic heterocycles. The Bertz CT molecular complexity index is 367. The van der Waals surface area contributed by atoms with Crippen LogP contribution in [0.25, 0.3) is 0 Å². The largest absolute Gasteiger partial charge is 0.392 e. The summed E-state index contributed by atoms with van der Waals surface area (Å²) in [5.41, 5.74) is 0.809. The number of aliphatic hydroxyl groups is 1. The highest BCUT2D eigenvalue weighted by molar-refractivity contribution is 6.30. The first kappa shape index (κ1) is 10.9. The van der Waals surface area contributed by atoms with E-state index >= 15 is 0 Å². The SMILES string of the molecule is CC1CC1C(O)Cc1ccc(Cl)c(F)c1. The van der Waals surface area contributed by atoms with E-state index in [0.29, 0.717) is 18.3 Å². The van der Waals surface area contributed by atoms with E-state index in [1.54, 1.807) is 6.07 Å². The highest BCUT2D eigenvalue weighted by Gasteiger charge is 2.38. The molecule has 0 amide bonds. The Morgan fingerprint density at radius 3 is 2.80 bits per heavy atom. The summed E-state index contributed by atoms with van der Waals surface area (Å²) < 4.78 is 13.1. The molecule has 1 aromatic rings. The van der Waals surface area contributed by atoms with Crippen LogP contribution in [0.15, 0.2) is 18.2 Å². The van der Waals surface area contributed by atoms with Crippen molar-refractivity contribution in [1.29, 1.82) is 0 Å². The highest BCUT2D eigenvalue weighted by Crippen LogP contribution is 2.41. The minimum Gasteiger partial charge on any atom is -0.392 e. The van der Waals surface area contributed by atoms with Crippen molar-refractivity contribution in [3.8, 4) is 0 Å². The third-order valence-electron chi connectivity index (χ3n) is 3.09. The van der Waals surface area contributed by atoms with Crippen molar-refractivity contribution >= 4 is 11.6 Å². The highest BCUT2D eigenvalue weighted by atomic mass is 35.5. The van der Waals surface area contributed by atoms with Crippen molar-refractivity contribution in [3.63, 3.8) is 0 Å². The molecule has 1 N–H and O–H groups in total. The zero-order valence-corrected chi connectivity index (χ0v) is 9.34. The molecule has 1 saturated carbocycles. The third-order valence-corrected chi connectivity index (χ3v) is 3.40. The molecule has 0 spiro atoms. The second-order valence-electron chi connectivity index (χ2n) is 4.40. The topological polar surface area (TPSA) is 20.2 Å². The van der Waals surface area contributed by atoms with Gasteiger partial charge in [-0.25, -0.2) is 4.39 Å². The van der Waals surface area contributed by atoms with Gasteiger partial charge in [0.05, 0.1) is 11.1 Å². The predicted molar refractivity (Wildman–Crippen MR) is 58.4 cm³/mol. The first-order valence-electron chi connectivity index (χ1n) is 5.20. The maximum Gasteiger partial charge on any atom is 0.142 e. The first-order chi connectivity index (χ1) is 7.08. The van der Waals surface area contributed by atoms with Crippen molar-refractivity contribution < 1.29 is 9.50 Å². The molecule has 1 nitrogen and oxygen atoms in total. The van der Waals surface area contributed by atoms with Gasteiger partial charge >= 0.3 is 0 Å². The minimum absolute atomic E-state index is 0.132. The number of halogens is 2. The van der Waals surface area contributed by atoms with E-state index in [2.05, 4.69) is 6.92 Å². The molecule has 0 saturated heterocycles. The van der Waals surface area contributed by atoms with E-state index in [1.807, 2.05) is 0 Å². The van der Waals surface area contributed by atoms with Gasteiger partial charge in [-0.2, -0.15) is 0 Å². The van der Waals surface area contributed by atoms with Crippen LogP contribution in [-0.2, 0) is 6.42 Å². The maximum atomic E-state index is 13.1. The number of hydrogen-bond donors (Lipinski definition) is 1. The quantitative estimate of drug-likeness (QED) is 0.843. The van der Waals surface area contributed by atoms with E-state index in [4.69, 9.17) is 11.6 Å². The van der Waals surface area contributed by atoms with E-state index in [0.717, 1.165) is 12.0 Å². The van der Waals surface area contributed by atoms with Crippen LogP contribution in [0.2, 0.25) is 5.02 Å². The second kappa shape index (κ2) is 4.11. The van der Waals surface area contributed by atoms with Gasteiger partial charge in [-0.3, -0.25) is 0 Å². The van der Waals surface area contributed by atoms with Crippen LogP contribution in [-0.4, -0.2) is 11.2 Å². The van der Waals surface area contributed by atoms with Gasteiger partial charge in [-0.1, -0.05) is 24.6 Å². The Kier molecular flexibility index (Phi) is 2.98. The average Bonchev–Trinajstić information content (AvgIpc) is 2.89. The number of rotatable bonds is 3. The lowest BCUT2D eigenvalue weighted by Gasteiger charge is -2.09. The van der Waals surface area contributed by atoms with Crippen LogP contribution < -0.4 is 0 Å². The molecule has 1 aliphatic rings. The molecule has 2 rings (SSSR count). The van der Waals surface area contributed by atoms with Crippen LogP contribution in [0.1, 0.15) is 18.9 Å². The Morgan fingerprint density at radius 1 is 1.60 bits per heavy atom. The van der Waals surface area contributed by atoms with E-state index in [-0.39, 0.29) is 11.1 Å². The Hall–Kier alpha value is -0.600. The van der Waals surface area contributed by atoms with Crippen LogP contribution in [0, 0.1) is 17.7 Å². The monoisotopic (exact) mass is 228 g/mol. The maximum absolute atomic E-state index is 13.1. The molecule has 1 aliphatic carbocycles. The normalized spacial score (nSPS) is 26.4. The van der Waals surface area contributed by atoms with Crippen molar-refractivity contribution in [2.45, 2.75) is 25.9 Å². The molecule has 1 aromatic carbocycles. The molecule has 15 heavy (non-hydrogen) atoms. The fourth-order valence-electron chi connectivity index (χ4n) is 1.95. The van der Waals surface area contributed by atoms with Crippen LogP contribution in [0.4, 0.5) is 4.39 Å². The van der Waals surface area contributed by atoms with Gasteiger partial charge in [-0.15, -0.1) is 0 Å². The van der Waals surface area contributed by atoms with Crippen LogP contribution in [0.5, 0.6) is 0 Å². The number of aliphatic hydroxyl groups excluding tert-OH is 1. The number of hydrogen-bond acceptors (Lipinski definition) is 1. The standard InChI is InChI=1S/C12H14ClFO/c1-7-4-9(7)12(15)6-8-2-3-10(13)11(14)5-8/h2-3,5,7,9,12,15H,4,6H2,1H3. The molecule has 0 radical (unpaired) electrons. The Morgan fingerprint density at radius 2 is 2.27 bits per heavy atom. The average molecular weight is 229 g/mol. The Labute approximate surface area is 93.9 Å². The molecule has 0 heterocycles. The zero-order chi connectivity index (χ0) is 11.0. The summed E-state index contributed by atoms with van der Waals surface area (Å²) in [6.07, 6.45) is 1.25. The van der Waals surface area contributed by atoms with Crippen LogP contribution in [0.3, 0.4) is 0 Å². The summed E-state index contributed by atoms with van der Waals surface area (Å²) in [6, 6.07) is 4.70. The lowest BCUT2D eigenvalue weighted by atomic mass is 10.0. The molecular weight excluding hydrogens is 215 g/mol. The molecule has 3 heteroatoms. The van der Waals surface area contributed by atoms with E-state index in [1.165, 1.54) is 12.1 Å². The zero-order valence-electron chi connectivity index (χ0n) is 8.58. The first-order valence-corrected chi connectivity index (χ1v) is 5.57. The van der Waals surface area contributed by atoms with Gasteiger partial charge in [0.25, 0.3) is 0 Å². The van der Waals surface area contributed by atoms with Crippen LogP contribution >= 0.6 is 11.6 Å². The third kappa shape index (κ3) is 2.50. The summed E-state index contributed by atoms with van der Waals surface area (Å²) in [6.45, 7) is 2.12. The summed E-state index contributed by atoms with van der Waals surface area (Å²) in [7, 11) is 0. The van der Waals surface area contributed by atoms with Gasteiger partial charge in [0.2, 0.25) is 0 Å². The van der Waals surface area contributed by atoms with Crippen molar-refractivity contribution in [3.05, 3.63) is 34.6 Å². The molecular formula is C12H14ClFO. The Balaban J connectivity index is 2.01. The number of benzene rings is 1. The van der Waals surface area contributed by atoms with Crippen molar-refractivity contribution in [2.24, 2.45) is 11.8 Å². The van der Waals surface area contributed by atoms with Gasteiger partial charge < -0.3 is 5.11 Å². The smallest absolute Gasteiger partial charge is 0.142 e. The second-order valence-corrected chi connectivity index (χ2v) is 4.80. The lowest BCUT2D eigenvalue weighted by molar-refractivity contribution is 0.146. The fourth-order valence-corrected chi connectivity index (χ4v) is 2.06. The van der Waals surface area contributed by atoms with Crippen molar-refractivity contribution in [2.75, 3.05) is 0 Å². The van der Waals surface area contributed by atoms with Crippen molar-refractivity contribution in [1.82, 2.24) is 0 Å². The summed E-state index contributed by atoms with van der Waals surface area (Å²) >= 11 is 5.58. The summed E-state index contributed by atoms with van der Waals surface area (Å²) in [4.78, 5) is 0. The molecule has 1 fully saturated rings. The van der Waals surface area contributed by atoms with E-state index < -0.39 is 5.82 Å². The molecule has 3 unspecified atom stereocenters. The fraction of sp³-hybridized carbons (Fsp3) is 0.500. The molecule has 3 atom stereocenters. The van der Waals surface area contributed by atoms with Gasteiger partial charge in [0.15, 0.2) is 0 Å². The van der Waals surface area contributed by atoms with E-state index in [9.17, 15) is 9.50 Å². The molecule has 82 valence electrons. The molecule has 0 aliphatic heterocycles. The minimum atomic E-state index is -0.412. The van der Waals surface area contributed by atoms with Gasteiger partial charge in [0, 0.05) is 0 Å².